The Morgan fingerprint density at radius 1 is 1.04 bits per heavy atom. The molecule has 146 valence electrons. The monoisotopic (exact) mass is 384 g/mol. The molecule has 8 heteroatoms. The van der Waals surface area contributed by atoms with Crippen molar-refractivity contribution in [2.24, 2.45) is 0 Å². The van der Waals surface area contributed by atoms with Crippen LogP contribution < -0.4 is 29.0 Å². The van der Waals surface area contributed by atoms with E-state index in [2.05, 4.69) is 11.4 Å². The van der Waals surface area contributed by atoms with E-state index >= 15 is 0 Å². The van der Waals surface area contributed by atoms with Gasteiger partial charge in [-0.3, -0.25) is 4.79 Å². The van der Waals surface area contributed by atoms with Crippen LogP contribution in [0.4, 0.5) is 0 Å². The SMILES string of the molecule is COc1cc(C(C#N)NC(=O)c2ccc3c(c2)OCCO3)cc(OC)c1OC. The van der Waals surface area contributed by atoms with Crippen LogP contribution in [0.2, 0.25) is 0 Å². The highest BCUT2D eigenvalue weighted by Gasteiger charge is 2.22. The Hall–Kier alpha value is -3.60. The molecule has 0 saturated carbocycles. The maximum absolute atomic E-state index is 12.7. The first-order chi connectivity index (χ1) is 13.6. The van der Waals surface area contributed by atoms with Gasteiger partial charge in [-0.15, -0.1) is 0 Å². The predicted molar refractivity (Wildman–Crippen MR) is 99.4 cm³/mol. The van der Waals surface area contributed by atoms with Gasteiger partial charge >= 0.3 is 0 Å². The number of methoxy groups -OCH3 is 3. The first-order valence-electron chi connectivity index (χ1n) is 8.51. The van der Waals surface area contributed by atoms with Crippen LogP contribution >= 0.6 is 0 Å². The number of hydrogen-bond acceptors (Lipinski definition) is 7. The summed E-state index contributed by atoms with van der Waals surface area (Å²) in [5.74, 6) is 1.86. The lowest BCUT2D eigenvalue weighted by molar-refractivity contribution is 0.0943. The van der Waals surface area contributed by atoms with E-state index in [0.29, 0.717) is 53.1 Å². The number of amides is 1. The smallest absolute Gasteiger partial charge is 0.252 e. The van der Waals surface area contributed by atoms with Gasteiger partial charge in [-0.25, -0.2) is 0 Å². The van der Waals surface area contributed by atoms with E-state index < -0.39 is 11.9 Å². The minimum Gasteiger partial charge on any atom is -0.493 e. The minimum absolute atomic E-state index is 0.358. The molecule has 0 radical (unpaired) electrons. The van der Waals surface area contributed by atoms with Gasteiger partial charge in [-0.1, -0.05) is 0 Å². The highest BCUT2D eigenvalue weighted by atomic mass is 16.6. The van der Waals surface area contributed by atoms with Crippen molar-refractivity contribution in [3.8, 4) is 34.8 Å². The van der Waals surface area contributed by atoms with Gasteiger partial charge in [0, 0.05) is 5.56 Å². The van der Waals surface area contributed by atoms with Crippen LogP contribution in [0.3, 0.4) is 0 Å². The van der Waals surface area contributed by atoms with E-state index in [0.717, 1.165) is 0 Å². The second-order valence-corrected chi connectivity index (χ2v) is 5.85. The van der Waals surface area contributed by atoms with E-state index in [4.69, 9.17) is 23.7 Å². The third-order valence-electron chi connectivity index (χ3n) is 4.23. The second kappa shape index (κ2) is 8.39. The molecule has 0 saturated heterocycles. The summed E-state index contributed by atoms with van der Waals surface area (Å²) in [6.07, 6.45) is 0. The molecule has 1 amide bonds. The lowest BCUT2D eigenvalue weighted by Crippen LogP contribution is -2.28. The van der Waals surface area contributed by atoms with Crippen molar-refractivity contribution in [3.05, 3.63) is 41.5 Å². The average Bonchev–Trinajstić information content (AvgIpc) is 2.75. The number of nitriles is 1. The molecule has 0 spiro atoms. The number of rotatable bonds is 6. The zero-order valence-electron chi connectivity index (χ0n) is 15.8. The van der Waals surface area contributed by atoms with Gasteiger partial charge in [0.25, 0.3) is 5.91 Å². The summed E-state index contributed by atoms with van der Waals surface area (Å²) in [5, 5.41) is 12.3. The number of ether oxygens (including phenoxy) is 5. The number of nitrogens with zero attached hydrogens (tertiary/aromatic N) is 1. The van der Waals surface area contributed by atoms with Gasteiger partial charge in [0.1, 0.15) is 19.3 Å². The zero-order valence-corrected chi connectivity index (χ0v) is 15.8. The van der Waals surface area contributed by atoms with Crippen LogP contribution in [0, 0.1) is 11.3 Å². The van der Waals surface area contributed by atoms with Crippen molar-refractivity contribution in [1.29, 1.82) is 5.26 Å². The molecule has 1 aliphatic rings. The van der Waals surface area contributed by atoms with E-state index in [9.17, 15) is 10.1 Å². The Morgan fingerprint density at radius 3 is 2.25 bits per heavy atom. The number of benzene rings is 2. The maximum atomic E-state index is 12.7. The summed E-state index contributed by atoms with van der Waals surface area (Å²) < 4.78 is 26.9. The molecule has 1 unspecified atom stereocenters. The predicted octanol–water partition coefficient (Wildman–Crippen LogP) is 2.48. The van der Waals surface area contributed by atoms with Gasteiger partial charge in [0.2, 0.25) is 5.75 Å². The maximum Gasteiger partial charge on any atom is 0.252 e. The first-order valence-corrected chi connectivity index (χ1v) is 8.51. The molecule has 2 aromatic rings. The summed E-state index contributed by atoms with van der Waals surface area (Å²) in [7, 11) is 4.46. The molecule has 1 N–H and O–H groups in total. The molecule has 1 heterocycles. The van der Waals surface area contributed by atoms with Gasteiger partial charge in [-0.05, 0) is 35.9 Å². The van der Waals surface area contributed by atoms with Gasteiger partial charge < -0.3 is 29.0 Å². The Morgan fingerprint density at radius 2 is 1.68 bits per heavy atom. The minimum atomic E-state index is -0.922. The van der Waals surface area contributed by atoms with Gasteiger partial charge in [0.15, 0.2) is 23.0 Å². The third-order valence-corrected chi connectivity index (χ3v) is 4.23. The Balaban J connectivity index is 1.86. The Bertz CT molecular complexity index is 896. The van der Waals surface area contributed by atoms with Crippen molar-refractivity contribution in [1.82, 2.24) is 5.32 Å². The quantitative estimate of drug-likeness (QED) is 0.817. The molecular weight excluding hydrogens is 364 g/mol. The van der Waals surface area contributed by atoms with Crippen LogP contribution in [-0.4, -0.2) is 40.5 Å². The summed E-state index contributed by atoms with van der Waals surface area (Å²) >= 11 is 0. The molecule has 0 aromatic heterocycles. The van der Waals surface area contributed by atoms with E-state index in [1.54, 1.807) is 30.3 Å². The molecule has 8 nitrogen and oxygen atoms in total. The van der Waals surface area contributed by atoms with Crippen LogP contribution in [0.15, 0.2) is 30.3 Å². The van der Waals surface area contributed by atoms with Crippen LogP contribution in [0.25, 0.3) is 0 Å². The van der Waals surface area contributed by atoms with Crippen molar-refractivity contribution in [2.75, 3.05) is 34.5 Å². The molecule has 2 aromatic carbocycles. The number of fused-ring (bicyclic) bond motifs is 1. The van der Waals surface area contributed by atoms with Crippen molar-refractivity contribution in [2.45, 2.75) is 6.04 Å². The molecule has 28 heavy (non-hydrogen) atoms. The summed E-state index contributed by atoms with van der Waals surface area (Å²) in [6.45, 7) is 0.889. The lowest BCUT2D eigenvalue weighted by atomic mass is 10.1. The molecular formula is C20H20N2O6. The number of nitrogens with one attached hydrogen (secondary N) is 1. The second-order valence-electron chi connectivity index (χ2n) is 5.85. The van der Waals surface area contributed by atoms with Crippen LogP contribution in [0.5, 0.6) is 28.7 Å². The fourth-order valence-corrected chi connectivity index (χ4v) is 2.86. The highest BCUT2D eigenvalue weighted by molar-refractivity contribution is 5.95. The number of carbonyl (C=O) groups is 1. The molecule has 1 aliphatic heterocycles. The summed E-state index contributed by atoms with van der Waals surface area (Å²) in [5.41, 5.74) is 0.861. The number of carbonyl (C=O) groups excluding carboxylic acids is 1. The molecule has 1 atom stereocenters. The fraction of sp³-hybridized carbons (Fsp3) is 0.300. The fourth-order valence-electron chi connectivity index (χ4n) is 2.86. The molecule has 3 rings (SSSR count). The first kappa shape index (κ1) is 19.2. The third kappa shape index (κ3) is 3.74. The van der Waals surface area contributed by atoms with Crippen LogP contribution in [-0.2, 0) is 0 Å². The Labute approximate surface area is 162 Å². The summed E-state index contributed by atoms with van der Waals surface area (Å²) in [6, 6.07) is 9.29. The van der Waals surface area contributed by atoms with Crippen molar-refractivity contribution < 1.29 is 28.5 Å². The van der Waals surface area contributed by atoms with Crippen LogP contribution in [0.1, 0.15) is 22.0 Å². The standard InChI is InChI=1S/C20H20N2O6/c1-24-17-9-13(10-18(25-2)19(17)26-3)14(11-21)22-20(23)12-4-5-15-16(8-12)28-7-6-27-15/h4-5,8-10,14H,6-7H2,1-3H3,(H,22,23). The largest absolute Gasteiger partial charge is 0.493 e. The van der Waals surface area contributed by atoms with E-state index in [1.165, 1.54) is 21.3 Å². The normalized spacial score (nSPS) is 13.1. The molecule has 0 bridgehead atoms. The van der Waals surface area contributed by atoms with E-state index in [1.807, 2.05) is 0 Å². The van der Waals surface area contributed by atoms with Crippen molar-refractivity contribution in [3.63, 3.8) is 0 Å². The topological polar surface area (TPSA) is 99.0 Å². The average molecular weight is 384 g/mol. The zero-order chi connectivity index (χ0) is 20.1. The Kier molecular flexibility index (Phi) is 5.75. The lowest BCUT2D eigenvalue weighted by Gasteiger charge is -2.19. The molecule has 0 fully saturated rings. The highest BCUT2D eigenvalue weighted by Crippen LogP contribution is 2.39. The van der Waals surface area contributed by atoms with E-state index in [-0.39, 0.29) is 0 Å². The molecule has 0 aliphatic carbocycles. The van der Waals surface area contributed by atoms with Gasteiger partial charge in [0.05, 0.1) is 27.4 Å². The summed E-state index contributed by atoms with van der Waals surface area (Å²) in [4.78, 5) is 12.7. The van der Waals surface area contributed by atoms with Crippen molar-refractivity contribution >= 4 is 5.91 Å². The number of hydrogen-bond donors (Lipinski definition) is 1. The van der Waals surface area contributed by atoms with Gasteiger partial charge in [-0.2, -0.15) is 5.26 Å².